The summed E-state index contributed by atoms with van der Waals surface area (Å²) in [5.74, 6) is -1.19. The summed E-state index contributed by atoms with van der Waals surface area (Å²) in [5.41, 5.74) is 1.75. The van der Waals surface area contributed by atoms with E-state index >= 15 is 0 Å². The van der Waals surface area contributed by atoms with Crippen molar-refractivity contribution in [3.8, 4) is 11.3 Å². The van der Waals surface area contributed by atoms with Crippen molar-refractivity contribution in [2.75, 3.05) is 14.1 Å². The molecule has 0 aliphatic heterocycles. The topological polar surface area (TPSA) is 70.5 Å². The normalized spacial score (nSPS) is 10.1. The van der Waals surface area contributed by atoms with Crippen molar-refractivity contribution < 1.29 is 14.7 Å². The maximum Gasteiger partial charge on any atom is 0.335 e. The van der Waals surface area contributed by atoms with Gasteiger partial charge in [-0.1, -0.05) is 18.2 Å². The molecule has 0 atom stereocenters. The van der Waals surface area contributed by atoms with Gasteiger partial charge >= 0.3 is 5.97 Å². The minimum Gasteiger partial charge on any atom is -0.478 e. The van der Waals surface area contributed by atoms with Gasteiger partial charge < -0.3 is 10.0 Å². The molecule has 1 aromatic carbocycles. The lowest BCUT2D eigenvalue weighted by Gasteiger charge is -2.10. The molecule has 1 heterocycles. The van der Waals surface area contributed by atoms with Crippen LogP contribution in [0.25, 0.3) is 11.3 Å². The Balaban J connectivity index is 2.43. The molecule has 0 unspecified atom stereocenters. The first-order chi connectivity index (χ1) is 9.49. The standard InChI is InChI=1S/C15H14N2O3/c1-17(2)14(18)13-8-4-7-12(16-13)10-5-3-6-11(9-10)15(19)20/h3-9H,1-2H3,(H,19,20). The molecule has 0 fully saturated rings. The molecule has 0 saturated carbocycles. The number of carboxylic acid groups (broad SMARTS) is 1. The number of pyridine rings is 1. The lowest BCUT2D eigenvalue weighted by molar-refractivity contribution is 0.0696. The third kappa shape index (κ3) is 2.83. The largest absolute Gasteiger partial charge is 0.478 e. The molecule has 0 bridgehead atoms. The summed E-state index contributed by atoms with van der Waals surface area (Å²) in [6.07, 6.45) is 0. The average molecular weight is 270 g/mol. The van der Waals surface area contributed by atoms with Crippen LogP contribution in [0.4, 0.5) is 0 Å². The molecular formula is C15H14N2O3. The summed E-state index contributed by atoms with van der Waals surface area (Å²) in [6.45, 7) is 0. The number of carboxylic acids is 1. The molecule has 1 N–H and O–H groups in total. The lowest BCUT2D eigenvalue weighted by atomic mass is 10.1. The summed E-state index contributed by atoms with van der Waals surface area (Å²) in [7, 11) is 3.31. The van der Waals surface area contributed by atoms with Crippen molar-refractivity contribution in [3.05, 3.63) is 53.7 Å². The molecule has 0 spiro atoms. The van der Waals surface area contributed by atoms with Crippen LogP contribution in [0, 0.1) is 0 Å². The van der Waals surface area contributed by atoms with Gasteiger partial charge in [0.25, 0.3) is 5.91 Å². The number of amides is 1. The predicted octanol–water partition coefficient (Wildman–Crippen LogP) is 2.15. The summed E-state index contributed by atoms with van der Waals surface area (Å²) in [6, 6.07) is 11.6. The minimum absolute atomic E-state index is 0.189. The molecule has 2 aromatic rings. The second kappa shape index (κ2) is 5.52. The molecule has 1 amide bonds. The molecule has 0 saturated heterocycles. The smallest absolute Gasteiger partial charge is 0.335 e. The first kappa shape index (κ1) is 13.7. The van der Waals surface area contributed by atoms with Gasteiger partial charge in [-0.2, -0.15) is 0 Å². The molecule has 102 valence electrons. The molecule has 0 aliphatic rings. The number of hydrogen-bond acceptors (Lipinski definition) is 3. The van der Waals surface area contributed by atoms with E-state index in [-0.39, 0.29) is 11.5 Å². The Kier molecular flexibility index (Phi) is 3.79. The first-order valence-electron chi connectivity index (χ1n) is 6.01. The summed E-state index contributed by atoms with van der Waals surface area (Å²) in [4.78, 5) is 28.6. The van der Waals surface area contributed by atoms with Crippen LogP contribution in [0.3, 0.4) is 0 Å². The third-order valence-corrected chi connectivity index (χ3v) is 2.78. The average Bonchev–Trinajstić information content (AvgIpc) is 2.46. The van der Waals surface area contributed by atoms with E-state index in [0.29, 0.717) is 17.0 Å². The molecule has 20 heavy (non-hydrogen) atoms. The van der Waals surface area contributed by atoms with E-state index < -0.39 is 5.97 Å². The van der Waals surface area contributed by atoms with Crippen molar-refractivity contribution in [1.29, 1.82) is 0 Å². The maximum absolute atomic E-state index is 11.9. The zero-order valence-corrected chi connectivity index (χ0v) is 11.2. The third-order valence-electron chi connectivity index (χ3n) is 2.78. The number of rotatable bonds is 3. The van der Waals surface area contributed by atoms with E-state index in [0.717, 1.165) is 0 Å². The van der Waals surface area contributed by atoms with Crippen LogP contribution in [0.1, 0.15) is 20.8 Å². The summed E-state index contributed by atoms with van der Waals surface area (Å²) < 4.78 is 0. The Morgan fingerprint density at radius 1 is 1.10 bits per heavy atom. The first-order valence-corrected chi connectivity index (χ1v) is 6.01. The molecule has 5 nitrogen and oxygen atoms in total. The highest BCUT2D eigenvalue weighted by Gasteiger charge is 2.11. The summed E-state index contributed by atoms with van der Waals surface area (Å²) >= 11 is 0. The van der Waals surface area contributed by atoms with E-state index in [1.807, 2.05) is 0 Å². The van der Waals surface area contributed by atoms with Gasteiger partial charge in [-0.3, -0.25) is 4.79 Å². The highest BCUT2D eigenvalue weighted by molar-refractivity contribution is 5.93. The van der Waals surface area contributed by atoms with Gasteiger partial charge in [0.1, 0.15) is 5.69 Å². The van der Waals surface area contributed by atoms with E-state index in [4.69, 9.17) is 5.11 Å². The molecular weight excluding hydrogens is 256 g/mol. The van der Waals surface area contributed by atoms with Gasteiger partial charge in [-0.05, 0) is 24.3 Å². The van der Waals surface area contributed by atoms with Crippen molar-refractivity contribution in [1.82, 2.24) is 9.88 Å². The van der Waals surface area contributed by atoms with Crippen LogP contribution in [-0.2, 0) is 0 Å². The summed E-state index contributed by atoms with van der Waals surface area (Å²) in [5, 5.41) is 8.99. The van der Waals surface area contributed by atoms with Crippen LogP contribution in [0.5, 0.6) is 0 Å². The van der Waals surface area contributed by atoms with Crippen molar-refractivity contribution in [2.45, 2.75) is 0 Å². The quantitative estimate of drug-likeness (QED) is 0.927. The Morgan fingerprint density at radius 3 is 2.45 bits per heavy atom. The Labute approximate surface area is 116 Å². The van der Waals surface area contributed by atoms with Gasteiger partial charge in [0.05, 0.1) is 11.3 Å². The molecule has 2 rings (SSSR count). The zero-order valence-electron chi connectivity index (χ0n) is 11.2. The number of carbonyl (C=O) groups excluding carboxylic acids is 1. The monoisotopic (exact) mass is 270 g/mol. The number of hydrogen-bond donors (Lipinski definition) is 1. The van der Waals surface area contributed by atoms with Gasteiger partial charge in [-0.15, -0.1) is 0 Å². The molecule has 5 heteroatoms. The number of carbonyl (C=O) groups is 2. The van der Waals surface area contributed by atoms with E-state index in [1.54, 1.807) is 44.4 Å². The van der Waals surface area contributed by atoms with Crippen LogP contribution in [-0.4, -0.2) is 41.0 Å². The van der Waals surface area contributed by atoms with Gasteiger partial charge in [0.2, 0.25) is 0 Å². The van der Waals surface area contributed by atoms with Crippen LogP contribution < -0.4 is 0 Å². The fourth-order valence-corrected chi connectivity index (χ4v) is 1.76. The van der Waals surface area contributed by atoms with E-state index in [9.17, 15) is 9.59 Å². The highest BCUT2D eigenvalue weighted by atomic mass is 16.4. The van der Waals surface area contributed by atoms with Gasteiger partial charge in [-0.25, -0.2) is 9.78 Å². The Bertz CT molecular complexity index is 666. The highest BCUT2D eigenvalue weighted by Crippen LogP contribution is 2.19. The molecule has 1 aromatic heterocycles. The number of benzene rings is 1. The fourth-order valence-electron chi connectivity index (χ4n) is 1.76. The lowest BCUT2D eigenvalue weighted by Crippen LogP contribution is -2.22. The Morgan fingerprint density at radius 2 is 1.80 bits per heavy atom. The number of aromatic carboxylic acids is 1. The van der Waals surface area contributed by atoms with Crippen molar-refractivity contribution >= 4 is 11.9 Å². The van der Waals surface area contributed by atoms with Crippen molar-refractivity contribution in [2.24, 2.45) is 0 Å². The second-order valence-electron chi connectivity index (χ2n) is 4.49. The van der Waals surface area contributed by atoms with Crippen LogP contribution in [0.2, 0.25) is 0 Å². The van der Waals surface area contributed by atoms with E-state index in [2.05, 4.69) is 4.98 Å². The van der Waals surface area contributed by atoms with E-state index in [1.165, 1.54) is 17.0 Å². The van der Waals surface area contributed by atoms with Crippen LogP contribution in [0.15, 0.2) is 42.5 Å². The Hall–Kier alpha value is -2.69. The predicted molar refractivity (Wildman–Crippen MR) is 74.6 cm³/mol. The molecule has 0 radical (unpaired) electrons. The van der Waals surface area contributed by atoms with Crippen molar-refractivity contribution in [3.63, 3.8) is 0 Å². The van der Waals surface area contributed by atoms with Gasteiger partial charge in [0, 0.05) is 19.7 Å². The number of nitrogens with zero attached hydrogens (tertiary/aromatic N) is 2. The number of aromatic nitrogens is 1. The second-order valence-corrected chi connectivity index (χ2v) is 4.49. The molecule has 0 aliphatic carbocycles. The maximum atomic E-state index is 11.9. The SMILES string of the molecule is CN(C)C(=O)c1cccc(-c2cccc(C(=O)O)c2)n1. The van der Waals surface area contributed by atoms with Gasteiger partial charge in [0.15, 0.2) is 0 Å². The zero-order chi connectivity index (χ0) is 14.7. The minimum atomic E-state index is -0.993. The van der Waals surface area contributed by atoms with Crippen LogP contribution >= 0.6 is 0 Å². The fraction of sp³-hybridized carbons (Fsp3) is 0.133.